The molecule has 0 bridgehead atoms. The molecule has 10 rings (SSSR count). The van der Waals surface area contributed by atoms with Gasteiger partial charge in [-0.3, -0.25) is 9.59 Å². The van der Waals surface area contributed by atoms with E-state index in [0.29, 0.717) is 109 Å². The molecule has 4 heterocycles. The van der Waals surface area contributed by atoms with Gasteiger partial charge in [0.1, 0.15) is 11.6 Å². The van der Waals surface area contributed by atoms with Gasteiger partial charge in [-0.15, -0.1) is 10.2 Å². The second kappa shape index (κ2) is 37.6. The summed E-state index contributed by atoms with van der Waals surface area (Å²) in [6.45, 7) is 10.2. The van der Waals surface area contributed by atoms with E-state index in [0.717, 1.165) is 79.4 Å². The third kappa shape index (κ3) is 24.6. The summed E-state index contributed by atoms with van der Waals surface area (Å²) in [7, 11) is 1.68. The Kier molecular flexibility index (Phi) is 29.3. The van der Waals surface area contributed by atoms with Gasteiger partial charge in [0.2, 0.25) is 0 Å². The van der Waals surface area contributed by atoms with E-state index >= 15 is 0 Å². The van der Waals surface area contributed by atoms with E-state index < -0.39 is 54.1 Å². The lowest BCUT2D eigenvalue weighted by atomic mass is 9.80. The van der Waals surface area contributed by atoms with Crippen molar-refractivity contribution in [2.24, 2.45) is 37.8 Å². The van der Waals surface area contributed by atoms with Crippen molar-refractivity contribution in [1.82, 2.24) is 50.4 Å². The summed E-state index contributed by atoms with van der Waals surface area (Å²) in [5.74, 6) is 2.22. The first-order valence-corrected chi connectivity index (χ1v) is 35.4. The van der Waals surface area contributed by atoms with Crippen LogP contribution in [0.5, 0.6) is 0 Å². The van der Waals surface area contributed by atoms with Gasteiger partial charge in [0.05, 0.1) is 56.1 Å². The zero-order chi connectivity index (χ0) is 77.1. The molecule has 0 aliphatic heterocycles. The van der Waals surface area contributed by atoms with E-state index in [9.17, 15) is 62.3 Å². The second-order valence-corrected chi connectivity index (χ2v) is 27.0. The molecule has 2 N–H and O–H groups in total. The third-order valence-electron chi connectivity index (χ3n) is 18.2. The SMILES string of the molecule is CCOC(=O)CC1CCC(CN(CC)c2ncc(-c3ccccc3)cc2CN(Cc2cc(C(F)(F)F)cc(C(F)(F)F)c2)c2nnn(C)n2)CC1.CCOC(=O)CC1CCC(CN(CC)c2ncc(Br)cc2CN(Cc2cc(C(F)(F)F)cc(C(F)(F)F)c2)c2nnn(C)n2)CC1.OB(O)c1ccccc1. The fourth-order valence-electron chi connectivity index (χ4n) is 13.0. The number of carbonyl (C=O) groups is 2. The average Bonchev–Trinajstić information content (AvgIpc) is 1.60. The number of pyridine rings is 2. The van der Waals surface area contributed by atoms with E-state index in [1.165, 1.54) is 28.7 Å². The minimum atomic E-state index is -4.99. The van der Waals surface area contributed by atoms with Gasteiger partial charge in [0.15, 0.2) is 0 Å². The summed E-state index contributed by atoms with van der Waals surface area (Å²) in [5.41, 5.74) is -2.48. The highest BCUT2D eigenvalue weighted by Crippen LogP contribution is 2.41. The summed E-state index contributed by atoms with van der Waals surface area (Å²) in [4.78, 5) is 43.1. The highest BCUT2D eigenvalue weighted by molar-refractivity contribution is 9.10. The van der Waals surface area contributed by atoms with Crippen LogP contribution in [0.15, 0.2) is 126 Å². The predicted molar refractivity (Wildman–Crippen MR) is 377 cm³/mol. The number of tetrazole rings is 2. The Labute approximate surface area is 614 Å². The van der Waals surface area contributed by atoms with Crippen LogP contribution in [-0.2, 0) is 84.0 Å². The topological polar surface area (TPSA) is 219 Å². The van der Waals surface area contributed by atoms with Crippen molar-refractivity contribution < 1.29 is 81.8 Å². The summed E-state index contributed by atoms with van der Waals surface area (Å²) >= 11 is 3.45. The Bertz CT molecular complexity index is 4040. The molecule has 0 spiro atoms. The van der Waals surface area contributed by atoms with Gasteiger partial charge >= 0.3 is 43.8 Å². The Balaban J connectivity index is 0.000000240. The molecule has 2 saturated carbocycles. The number of carbonyl (C=O) groups excluding carboxylic acids is 2. The van der Waals surface area contributed by atoms with Crippen LogP contribution in [-0.4, -0.2) is 119 Å². The van der Waals surface area contributed by atoms with E-state index in [1.54, 1.807) is 50.5 Å². The molecule has 0 saturated heterocycles. The minimum Gasteiger partial charge on any atom is -0.466 e. The van der Waals surface area contributed by atoms with E-state index in [-0.39, 0.29) is 85.1 Å². The van der Waals surface area contributed by atoms with Crippen molar-refractivity contribution in [3.63, 3.8) is 0 Å². The maximum absolute atomic E-state index is 13.8. The number of halogens is 13. The molecule has 34 heteroatoms. The van der Waals surface area contributed by atoms with Gasteiger partial charge in [-0.05, 0) is 200 Å². The number of benzene rings is 4. The van der Waals surface area contributed by atoms with Crippen LogP contribution >= 0.6 is 15.9 Å². The molecule has 8 aromatic rings. The number of hydrogen-bond donors (Lipinski definition) is 2. The highest BCUT2D eigenvalue weighted by Gasteiger charge is 2.40. The molecule has 0 radical (unpaired) electrons. The van der Waals surface area contributed by atoms with Crippen molar-refractivity contribution in [3.05, 3.63) is 171 Å². The van der Waals surface area contributed by atoms with Crippen LogP contribution in [0, 0.1) is 23.7 Å². The smallest absolute Gasteiger partial charge is 0.466 e. The first-order chi connectivity index (χ1) is 50.2. The van der Waals surface area contributed by atoms with Crippen molar-refractivity contribution >= 4 is 64.0 Å². The molecule has 0 amide bonds. The quantitative estimate of drug-likeness (QED) is 0.0292. The maximum Gasteiger partial charge on any atom is 0.488 e. The van der Waals surface area contributed by atoms with Gasteiger partial charge < -0.3 is 39.1 Å². The molecule has 2 fully saturated rings. The fraction of sp³-hybridized carbons (Fsp3) is 0.472. The van der Waals surface area contributed by atoms with Crippen LogP contribution in [0.25, 0.3) is 11.1 Å². The van der Waals surface area contributed by atoms with Gasteiger partial charge in [-0.1, -0.05) is 70.9 Å². The molecule has 2 aliphatic rings. The molecule has 4 aromatic carbocycles. The highest BCUT2D eigenvalue weighted by atomic mass is 79.9. The van der Waals surface area contributed by atoms with Crippen LogP contribution in [0.1, 0.15) is 136 Å². The van der Waals surface area contributed by atoms with Crippen molar-refractivity contribution in [2.75, 3.05) is 59.0 Å². The van der Waals surface area contributed by atoms with Gasteiger partial charge in [0.25, 0.3) is 11.9 Å². The normalized spacial score (nSPS) is 16.2. The molecular formula is C72H84BBrF12N14O6. The van der Waals surface area contributed by atoms with Gasteiger partial charge in [-0.25, -0.2) is 9.97 Å². The molecular weight excluding hydrogens is 1480 g/mol. The van der Waals surface area contributed by atoms with E-state index in [2.05, 4.69) is 61.5 Å². The van der Waals surface area contributed by atoms with E-state index in [1.807, 2.05) is 62.4 Å². The maximum atomic E-state index is 13.8. The zero-order valence-corrected chi connectivity index (χ0v) is 60.9. The number of esters is 2. The third-order valence-corrected chi connectivity index (χ3v) is 18.6. The first kappa shape index (κ1) is 82.7. The molecule has 572 valence electrons. The Morgan fingerprint density at radius 2 is 0.858 bits per heavy atom. The first-order valence-electron chi connectivity index (χ1n) is 34.6. The number of rotatable bonds is 26. The second-order valence-electron chi connectivity index (χ2n) is 26.1. The molecule has 0 unspecified atom stereocenters. The summed E-state index contributed by atoms with van der Waals surface area (Å²) in [6, 6.07) is 25.0. The molecule has 0 atom stereocenters. The van der Waals surface area contributed by atoms with Crippen LogP contribution in [0.2, 0.25) is 0 Å². The number of alkyl halides is 12. The Hall–Kier alpha value is -8.92. The van der Waals surface area contributed by atoms with Crippen LogP contribution < -0.4 is 25.1 Å². The summed E-state index contributed by atoms with van der Waals surface area (Å²) in [5, 5.41) is 41.4. The number of nitrogens with zero attached hydrogens (tertiary/aromatic N) is 14. The zero-order valence-electron chi connectivity index (χ0n) is 59.3. The molecule has 2 aliphatic carbocycles. The monoisotopic (exact) mass is 1560 g/mol. The van der Waals surface area contributed by atoms with Gasteiger partial charge in [0, 0.05) is 92.2 Å². The number of ether oxygens (including phenoxy) is 2. The van der Waals surface area contributed by atoms with Crippen molar-refractivity contribution in [3.8, 4) is 11.1 Å². The average molecular weight is 1560 g/mol. The molecule has 106 heavy (non-hydrogen) atoms. The predicted octanol–water partition coefficient (Wildman–Crippen LogP) is 14.7. The van der Waals surface area contributed by atoms with Crippen molar-refractivity contribution in [1.29, 1.82) is 0 Å². The lowest BCUT2D eigenvalue weighted by molar-refractivity contribution is -0.145. The Morgan fingerprint density at radius 1 is 0.491 bits per heavy atom. The number of aromatic nitrogens is 10. The number of aryl methyl sites for hydroxylation is 2. The minimum absolute atomic E-state index is 0.00901. The van der Waals surface area contributed by atoms with Crippen LogP contribution in [0.4, 0.5) is 76.2 Å². The Morgan fingerprint density at radius 3 is 1.20 bits per heavy atom. The number of anilines is 4. The van der Waals surface area contributed by atoms with Crippen molar-refractivity contribution in [2.45, 2.75) is 143 Å². The van der Waals surface area contributed by atoms with E-state index in [4.69, 9.17) is 24.5 Å². The molecule has 20 nitrogen and oxygen atoms in total. The van der Waals surface area contributed by atoms with Crippen LogP contribution in [0.3, 0.4) is 0 Å². The molecule has 4 aromatic heterocycles. The summed E-state index contributed by atoms with van der Waals surface area (Å²) < 4.78 is 175. The van der Waals surface area contributed by atoms with Gasteiger partial charge in [-0.2, -0.15) is 62.3 Å². The largest absolute Gasteiger partial charge is 0.488 e. The standard InChI is InChI=1S/C36H41F6N7O2.C30H36BrF6N7O2.C6H7BO2/c1-4-48(21-25-13-11-24(12-14-25)17-32(50)51-5-2)33-29(18-28(20-43-33)27-9-7-6-8-10-27)23-49(34-44-46-47(3)45-34)22-26-15-30(35(37,38)39)19-31(16-26)36(40,41)42;1-4-43(16-20-8-6-19(7-9-20)12-26(45)46-5-2)27-22(13-25(31)15-38-27)18-44(28-39-41-42(3)40-28)17-21-10-23(29(32,33)34)14-24(11-21)30(35,36)37;8-7(9)6-4-2-1-3-5-6/h6-10,15-16,18-20,24-25H,4-5,11-14,17,21-23H2,1-3H3;10-11,13-15,19-20H,4-9,12,16-18H2,1-3H3;1-5,8-9H. The summed E-state index contributed by atoms with van der Waals surface area (Å²) in [6.07, 6.45) is -8.40. The lowest BCUT2D eigenvalue weighted by Crippen LogP contribution is -2.34. The lowest BCUT2D eigenvalue weighted by Gasteiger charge is -2.34. The number of hydrogen-bond acceptors (Lipinski definition) is 18. The fourth-order valence-corrected chi connectivity index (χ4v) is 13.3.